The van der Waals surface area contributed by atoms with E-state index in [1.54, 1.807) is 24.4 Å². The number of hydrogen-bond acceptors (Lipinski definition) is 4. The number of oxazole rings is 1. The smallest absolute Gasteiger partial charge is 0.411 e. The lowest BCUT2D eigenvalue weighted by molar-refractivity contribution is -0.176. The topological polar surface area (TPSA) is 71.7 Å². The van der Waals surface area contributed by atoms with Gasteiger partial charge < -0.3 is 19.8 Å². The molecular formula is C21H30F3IN4O2. The first-order chi connectivity index (χ1) is 14.1. The highest BCUT2D eigenvalue weighted by Crippen LogP contribution is 2.22. The molecule has 0 aliphatic rings. The van der Waals surface area contributed by atoms with E-state index in [9.17, 15) is 13.2 Å². The van der Waals surface area contributed by atoms with Crippen LogP contribution in [0, 0.1) is 0 Å². The summed E-state index contributed by atoms with van der Waals surface area (Å²) < 4.78 is 47.1. The van der Waals surface area contributed by atoms with Crippen LogP contribution in [-0.4, -0.2) is 30.3 Å². The van der Waals surface area contributed by atoms with E-state index in [4.69, 9.17) is 9.15 Å². The molecule has 1 aromatic heterocycles. The van der Waals surface area contributed by atoms with Gasteiger partial charge in [0, 0.05) is 12.0 Å². The van der Waals surface area contributed by atoms with Gasteiger partial charge in [0.25, 0.3) is 0 Å². The molecule has 0 bridgehead atoms. The Morgan fingerprint density at radius 2 is 1.87 bits per heavy atom. The van der Waals surface area contributed by atoms with E-state index < -0.39 is 12.8 Å². The average Bonchev–Trinajstić information content (AvgIpc) is 3.13. The third-order valence-electron chi connectivity index (χ3n) is 3.99. The summed E-state index contributed by atoms with van der Waals surface area (Å²) in [6.45, 7) is 8.18. The molecule has 0 radical (unpaired) electrons. The molecular weight excluding hydrogens is 524 g/mol. The van der Waals surface area contributed by atoms with Crippen molar-refractivity contribution in [1.29, 1.82) is 0 Å². The highest BCUT2D eigenvalue weighted by molar-refractivity contribution is 14.0. The number of hydrogen-bond donors (Lipinski definition) is 2. The zero-order valence-corrected chi connectivity index (χ0v) is 20.5. The summed E-state index contributed by atoms with van der Waals surface area (Å²) >= 11 is 0. The first-order valence-electron chi connectivity index (χ1n) is 9.76. The summed E-state index contributed by atoms with van der Waals surface area (Å²) in [6, 6.07) is 7.15. The monoisotopic (exact) mass is 554 g/mol. The maximum atomic E-state index is 12.2. The van der Waals surface area contributed by atoms with E-state index in [1.165, 1.54) is 0 Å². The first kappa shape index (κ1) is 27.2. The van der Waals surface area contributed by atoms with E-state index in [0.29, 0.717) is 37.0 Å². The summed E-state index contributed by atoms with van der Waals surface area (Å²) in [5.74, 6) is 1.96. The van der Waals surface area contributed by atoms with Gasteiger partial charge >= 0.3 is 6.18 Å². The van der Waals surface area contributed by atoms with Crippen LogP contribution in [0.3, 0.4) is 0 Å². The van der Waals surface area contributed by atoms with Crippen molar-refractivity contribution in [3.8, 4) is 0 Å². The molecule has 0 aliphatic carbocycles. The van der Waals surface area contributed by atoms with Crippen LogP contribution in [0.2, 0.25) is 0 Å². The second-order valence-corrected chi connectivity index (χ2v) is 7.84. The molecule has 0 amide bonds. The highest BCUT2D eigenvalue weighted by Gasteiger charge is 2.27. The fourth-order valence-electron chi connectivity index (χ4n) is 2.51. The molecule has 0 fully saturated rings. The molecule has 174 valence electrons. The predicted octanol–water partition coefficient (Wildman–Crippen LogP) is 4.92. The number of aliphatic imine (C=N–C) groups is 1. The van der Waals surface area contributed by atoms with Crippen molar-refractivity contribution in [2.24, 2.45) is 4.99 Å². The van der Waals surface area contributed by atoms with Gasteiger partial charge in [0.15, 0.2) is 5.96 Å². The van der Waals surface area contributed by atoms with Crippen LogP contribution in [0.15, 0.2) is 39.9 Å². The van der Waals surface area contributed by atoms with Crippen molar-refractivity contribution in [3.63, 3.8) is 0 Å². The number of nitrogens with zero attached hydrogens (tertiary/aromatic N) is 2. The van der Waals surface area contributed by atoms with Crippen LogP contribution in [-0.2, 0) is 29.8 Å². The zero-order chi connectivity index (χ0) is 22.2. The van der Waals surface area contributed by atoms with Gasteiger partial charge in [-0.25, -0.2) is 9.98 Å². The molecule has 0 spiro atoms. The molecule has 31 heavy (non-hydrogen) atoms. The molecule has 0 saturated carbocycles. The summed E-state index contributed by atoms with van der Waals surface area (Å²) in [4.78, 5) is 8.80. The van der Waals surface area contributed by atoms with Crippen molar-refractivity contribution >= 4 is 29.9 Å². The van der Waals surface area contributed by atoms with Crippen LogP contribution in [0.5, 0.6) is 0 Å². The lowest BCUT2D eigenvalue weighted by Crippen LogP contribution is -2.36. The van der Waals surface area contributed by atoms with Gasteiger partial charge in [-0.2, -0.15) is 13.2 Å². The Morgan fingerprint density at radius 1 is 1.16 bits per heavy atom. The van der Waals surface area contributed by atoms with E-state index in [0.717, 1.165) is 11.3 Å². The lowest BCUT2D eigenvalue weighted by atomic mass is 9.94. The van der Waals surface area contributed by atoms with Gasteiger partial charge in [-0.15, -0.1) is 24.0 Å². The Hall–Kier alpha value is -1.82. The number of aromatic nitrogens is 1. The van der Waals surface area contributed by atoms with Gasteiger partial charge in [0.1, 0.15) is 12.4 Å². The van der Waals surface area contributed by atoms with E-state index in [1.807, 2.05) is 13.0 Å². The van der Waals surface area contributed by atoms with Crippen molar-refractivity contribution < 1.29 is 22.3 Å². The highest BCUT2D eigenvalue weighted by atomic mass is 127. The summed E-state index contributed by atoms with van der Waals surface area (Å²) in [5.41, 5.74) is 1.42. The SMILES string of the molecule is CCNC(=NCc1cccc(COCC(F)(F)F)c1)NCc1ncc(C(C)(C)C)o1.I. The molecule has 0 unspecified atom stereocenters. The van der Waals surface area contributed by atoms with E-state index >= 15 is 0 Å². The molecule has 0 saturated heterocycles. The van der Waals surface area contributed by atoms with Gasteiger partial charge in [-0.3, -0.25) is 0 Å². The normalized spacial score (nSPS) is 12.4. The summed E-state index contributed by atoms with van der Waals surface area (Å²) in [7, 11) is 0. The third-order valence-corrected chi connectivity index (χ3v) is 3.99. The van der Waals surface area contributed by atoms with Gasteiger partial charge in [-0.05, 0) is 18.1 Å². The van der Waals surface area contributed by atoms with E-state index in [-0.39, 0.29) is 36.0 Å². The van der Waals surface area contributed by atoms with Crippen LogP contribution in [0.25, 0.3) is 0 Å². The Bertz CT molecular complexity index is 833. The minimum absolute atomic E-state index is 0. The molecule has 2 rings (SSSR count). The molecule has 2 N–H and O–H groups in total. The Morgan fingerprint density at radius 3 is 2.48 bits per heavy atom. The van der Waals surface area contributed by atoms with Crippen LogP contribution in [0.4, 0.5) is 13.2 Å². The number of nitrogens with one attached hydrogen (secondary N) is 2. The second kappa shape index (κ2) is 12.3. The van der Waals surface area contributed by atoms with Crippen molar-refractivity contribution in [2.75, 3.05) is 13.2 Å². The molecule has 1 heterocycles. The Kier molecular flexibility index (Phi) is 10.8. The fraction of sp³-hybridized carbons (Fsp3) is 0.524. The number of benzene rings is 1. The largest absolute Gasteiger partial charge is 0.443 e. The van der Waals surface area contributed by atoms with Crippen LogP contribution < -0.4 is 10.6 Å². The first-order valence-corrected chi connectivity index (χ1v) is 9.76. The number of alkyl halides is 3. The number of halogens is 4. The zero-order valence-electron chi connectivity index (χ0n) is 18.2. The fourth-order valence-corrected chi connectivity index (χ4v) is 2.51. The summed E-state index contributed by atoms with van der Waals surface area (Å²) in [6.07, 6.45) is -2.60. The van der Waals surface area contributed by atoms with E-state index in [2.05, 4.69) is 41.4 Å². The molecule has 10 heteroatoms. The molecule has 0 atom stereocenters. The average molecular weight is 554 g/mol. The molecule has 1 aromatic carbocycles. The van der Waals surface area contributed by atoms with Gasteiger partial charge in [0.2, 0.25) is 5.89 Å². The van der Waals surface area contributed by atoms with Crippen molar-refractivity contribution in [1.82, 2.24) is 15.6 Å². The minimum Gasteiger partial charge on any atom is -0.443 e. The maximum Gasteiger partial charge on any atom is 0.411 e. The number of ether oxygens (including phenoxy) is 1. The lowest BCUT2D eigenvalue weighted by Gasteiger charge is -2.13. The quantitative estimate of drug-likeness (QED) is 0.275. The molecule has 2 aromatic rings. The maximum absolute atomic E-state index is 12.2. The molecule has 6 nitrogen and oxygen atoms in total. The van der Waals surface area contributed by atoms with Crippen molar-refractivity contribution in [2.45, 2.75) is 59.0 Å². The predicted molar refractivity (Wildman–Crippen MR) is 124 cm³/mol. The van der Waals surface area contributed by atoms with Crippen molar-refractivity contribution in [3.05, 3.63) is 53.2 Å². The number of guanidine groups is 1. The molecule has 0 aliphatic heterocycles. The summed E-state index contributed by atoms with van der Waals surface area (Å²) in [5, 5.41) is 6.32. The van der Waals surface area contributed by atoms with Crippen LogP contribution in [0.1, 0.15) is 50.5 Å². The van der Waals surface area contributed by atoms with Gasteiger partial charge in [-0.1, -0.05) is 45.0 Å². The van der Waals surface area contributed by atoms with Crippen LogP contribution >= 0.6 is 24.0 Å². The Labute approximate surface area is 198 Å². The number of rotatable bonds is 8. The standard InChI is InChI=1S/C21H29F3N4O2.HI/c1-5-25-19(28-12-18-26-11-17(30-18)20(2,3)4)27-10-15-7-6-8-16(9-15)13-29-14-21(22,23)24;/h6-9,11H,5,10,12-14H2,1-4H3,(H2,25,27,28);1H. The third kappa shape index (κ3) is 10.4. The Balaban J connectivity index is 0.00000480. The minimum atomic E-state index is -4.33. The second-order valence-electron chi connectivity index (χ2n) is 7.84. The van der Waals surface area contributed by atoms with Gasteiger partial charge in [0.05, 0.1) is 25.9 Å².